The van der Waals surface area contributed by atoms with E-state index in [0.717, 1.165) is 36.3 Å². The number of thioether (sulfide) groups is 1. The molecule has 0 unspecified atom stereocenters. The lowest BCUT2D eigenvalue weighted by Gasteiger charge is -2.27. The zero-order valence-electron chi connectivity index (χ0n) is 17.2. The highest BCUT2D eigenvalue weighted by Gasteiger charge is 2.22. The highest BCUT2D eigenvalue weighted by Crippen LogP contribution is 2.28. The Labute approximate surface area is 185 Å². The van der Waals surface area contributed by atoms with Crippen LogP contribution < -0.4 is 10.2 Å². The van der Waals surface area contributed by atoms with E-state index in [0.29, 0.717) is 12.3 Å². The first kappa shape index (κ1) is 20.9. The average Bonchev–Trinajstić information content (AvgIpc) is 3.43. The van der Waals surface area contributed by atoms with E-state index in [-0.39, 0.29) is 5.91 Å². The standard InChI is InChI=1S/C22H27N5OS2/c1-17-7-9-18(10-8-17)27-21(26-13-3-2-4-14-26)24-25-22(27)30-16-20(28)23-12-11-19-6-5-15-29-19/h5-10,15H,2-4,11-14,16H2,1H3,(H,23,28). The molecule has 1 saturated heterocycles. The second-order valence-electron chi connectivity index (χ2n) is 7.47. The molecule has 1 fully saturated rings. The summed E-state index contributed by atoms with van der Waals surface area (Å²) in [6.45, 7) is 4.73. The van der Waals surface area contributed by atoms with Crippen LogP contribution in [-0.4, -0.2) is 46.1 Å². The molecule has 0 saturated carbocycles. The molecule has 1 amide bonds. The summed E-state index contributed by atoms with van der Waals surface area (Å²) >= 11 is 3.16. The van der Waals surface area contributed by atoms with E-state index in [1.807, 2.05) is 6.07 Å². The molecular weight excluding hydrogens is 414 g/mol. The van der Waals surface area contributed by atoms with Gasteiger partial charge in [0.15, 0.2) is 5.16 Å². The van der Waals surface area contributed by atoms with Crippen molar-refractivity contribution >= 4 is 35.0 Å². The Kier molecular flexibility index (Phi) is 7.07. The fourth-order valence-electron chi connectivity index (χ4n) is 3.54. The first-order valence-corrected chi connectivity index (χ1v) is 12.3. The second kappa shape index (κ2) is 10.1. The number of rotatable bonds is 8. The van der Waals surface area contributed by atoms with Crippen molar-refractivity contribution in [2.75, 3.05) is 30.3 Å². The number of carbonyl (C=O) groups excluding carboxylic acids is 1. The molecule has 0 atom stereocenters. The Hall–Kier alpha value is -2.32. The average molecular weight is 442 g/mol. The smallest absolute Gasteiger partial charge is 0.232 e. The number of hydrogen-bond donors (Lipinski definition) is 1. The molecule has 158 valence electrons. The Morgan fingerprint density at radius 1 is 1.13 bits per heavy atom. The van der Waals surface area contributed by atoms with E-state index < -0.39 is 0 Å². The zero-order chi connectivity index (χ0) is 20.8. The van der Waals surface area contributed by atoms with Crippen molar-refractivity contribution in [3.05, 3.63) is 52.2 Å². The van der Waals surface area contributed by atoms with E-state index in [1.54, 1.807) is 11.3 Å². The summed E-state index contributed by atoms with van der Waals surface area (Å²) in [6.07, 6.45) is 4.49. The Morgan fingerprint density at radius 3 is 2.67 bits per heavy atom. The molecule has 0 spiro atoms. The quantitative estimate of drug-likeness (QED) is 0.534. The minimum atomic E-state index is 0.0227. The van der Waals surface area contributed by atoms with E-state index in [9.17, 15) is 4.79 Å². The molecule has 1 aromatic carbocycles. The van der Waals surface area contributed by atoms with E-state index in [2.05, 4.69) is 67.6 Å². The molecule has 0 radical (unpaired) electrons. The molecule has 4 rings (SSSR count). The van der Waals surface area contributed by atoms with Crippen LogP contribution in [0.2, 0.25) is 0 Å². The third kappa shape index (κ3) is 5.23. The van der Waals surface area contributed by atoms with Crippen molar-refractivity contribution in [2.45, 2.75) is 37.8 Å². The van der Waals surface area contributed by atoms with Crippen LogP contribution >= 0.6 is 23.1 Å². The third-order valence-corrected chi connectivity index (χ3v) is 7.02. The topological polar surface area (TPSA) is 63.1 Å². The van der Waals surface area contributed by atoms with Gasteiger partial charge in [-0.05, 0) is 56.2 Å². The fraction of sp³-hybridized carbons (Fsp3) is 0.409. The molecule has 1 aliphatic rings. The summed E-state index contributed by atoms with van der Waals surface area (Å²) < 4.78 is 2.09. The van der Waals surface area contributed by atoms with Gasteiger partial charge in [-0.2, -0.15) is 0 Å². The lowest BCUT2D eigenvalue weighted by atomic mass is 10.1. The van der Waals surface area contributed by atoms with Crippen LogP contribution in [-0.2, 0) is 11.2 Å². The van der Waals surface area contributed by atoms with Crippen LogP contribution in [0.15, 0.2) is 46.9 Å². The lowest BCUT2D eigenvalue weighted by molar-refractivity contribution is -0.118. The van der Waals surface area contributed by atoms with Gasteiger partial charge in [-0.15, -0.1) is 21.5 Å². The van der Waals surface area contributed by atoms with Gasteiger partial charge in [-0.3, -0.25) is 9.36 Å². The maximum absolute atomic E-state index is 12.3. The van der Waals surface area contributed by atoms with Gasteiger partial charge in [0, 0.05) is 24.5 Å². The summed E-state index contributed by atoms with van der Waals surface area (Å²) in [5.41, 5.74) is 2.25. The number of benzene rings is 1. The summed E-state index contributed by atoms with van der Waals surface area (Å²) in [4.78, 5) is 15.9. The van der Waals surface area contributed by atoms with Crippen molar-refractivity contribution in [1.82, 2.24) is 20.1 Å². The number of nitrogens with zero attached hydrogens (tertiary/aromatic N) is 4. The van der Waals surface area contributed by atoms with Gasteiger partial charge >= 0.3 is 0 Å². The van der Waals surface area contributed by atoms with Crippen molar-refractivity contribution in [3.63, 3.8) is 0 Å². The third-order valence-electron chi connectivity index (χ3n) is 5.15. The number of anilines is 1. The van der Waals surface area contributed by atoms with Gasteiger partial charge < -0.3 is 10.2 Å². The normalized spacial score (nSPS) is 14.1. The van der Waals surface area contributed by atoms with E-state index >= 15 is 0 Å². The van der Waals surface area contributed by atoms with E-state index in [4.69, 9.17) is 0 Å². The summed E-state index contributed by atoms with van der Waals surface area (Å²) in [5, 5.41) is 14.8. The largest absolute Gasteiger partial charge is 0.355 e. The summed E-state index contributed by atoms with van der Waals surface area (Å²) in [7, 11) is 0. The van der Waals surface area contributed by atoms with Crippen molar-refractivity contribution in [3.8, 4) is 5.69 Å². The minimum absolute atomic E-state index is 0.0227. The molecule has 6 nitrogen and oxygen atoms in total. The van der Waals surface area contributed by atoms with Crippen LogP contribution in [0.4, 0.5) is 5.95 Å². The first-order valence-electron chi connectivity index (χ1n) is 10.4. The molecule has 1 aliphatic heterocycles. The lowest BCUT2D eigenvalue weighted by Crippen LogP contribution is -2.31. The van der Waals surface area contributed by atoms with Gasteiger partial charge in [0.1, 0.15) is 0 Å². The highest BCUT2D eigenvalue weighted by molar-refractivity contribution is 7.99. The molecular formula is C22H27N5OS2. The number of carbonyl (C=O) groups is 1. The monoisotopic (exact) mass is 441 g/mol. The van der Waals surface area contributed by atoms with Crippen molar-refractivity contribution < 1.29 is 4.79 Å². The van der Waals surface area contributed by atoms with Gasteiger partial charge in [-0.25, -0.2) is 0 Å². The molecule has 0 bridgehead atoms. The Bertz CT molecular complexity index is 947. The molecule has 2 aromatic heterocycles. The van der Waals surface area contributed by atoms with Gasteiger partial charge in [0.2, 0.25) is 11.9 Å². The van der Waals surface area contributed by atoms with Crippen molar-refractivity contribution in [1.29, 1.82) is 0 Å². The number of nitrogens with one attached hydrogen (secondary N) is 1. The van der Waals surface area contributed by atoms with Crippen LogP contribution in [0.3, 0.4) is 0 Å². The SMILES string of the molecule is Cc1ccc(-n2c(SCC(=O)NCCc3cccs3)nnc2N2CCCCC2)cc1. The van der Waals surface area contributed by atoms with Gasteiger partial charge in [0.25, 0.3) is 0 Å². The Morgan fingerprint density at radius 2 is 1.93 bits per heavy atom. The molecule has 3 heterocycles. The van der Waals surface area contributed by atoms with Gasteiger partial charge in [0.05, 0.1) is 11.4 Å². The number of piperidine rings is 1. The minimum Gasteiger partial charge on any atom is -0.355 e. The number of hydrogen-bond acceptors (Lipinski definition) is 6. The predicted octanol–water partition coefficient (Wildman–Crippen LogP) is 4.08. The Balaban J connectivity index is 1.44. The van der Waals surface area contributed by atoms with Crippen molar-refractivity contribution in [2.24, 2.45) is 0 Å². The molecule has 1 N–H and O–H groups in total. The number of aromatic nitrogens is 3. The first-order chi connectivity index (χ1) is 14.7. The van der Waals surface area contributed by atoms with E-state index in [1.165, 1.54) is 41.5 Å². The maximum atomic E-state index is 12.3. The number of amides is 1. The second-order valence-corrected chi connectivity index (χ2v) is 9.44. The molecule has 30 heavy (non-hydrogen) atoms. The van der Waals surface area contributed by atoms with Crippen LogP contribution in [0.5, 0.6) is 0 Å². The predicted molar refractivity (Wildman–Crippen MR) is 124 cm³/mol. The number of thiophene rings is 1. The molecule has 0 aliphatic carbocycles. The highest BCUT2D eigenvalue weighted by atomic mass is 32.2. The van der Waals surface area contributed by atoms with Gasteiger partial charge in [-0.1, -0.05) is 35.5 Å². The molecule has 8 heteroatoms. The van der Waals surface area contributed by atoms with Crippen LogP contribution in [0.1, 0.15) is 29.7 Å². The maximum Gasteiger partial charge on any atom is 0.232 e. The molecule has 3 aromatic rings. The number of aryl methyl sites for hydroxylation is 1. The zero-order valence-corrected chi connectivity index (χ0v) is 18.8. The van der Waals surface area contributed by atoms with Crippen LogP contribution in [0.25, 0.3) is 5.69 Å². The fourth-order valence-corrected chi connectivity index (χ4v) is 5.02. The van der Waals surface area contributed by atoms with Crippen LogP contribution in [0, 0.1) is 6.92 Å². The summed E-state index contributed by atoms with van der Waals surface area (Å²) in [6, 6.07) is 12.5. The summed E-state index contributed by atoms with van der Waals surface area (Å²) in [5.74, 6) is 1.22.